The number of aromatic nitrogens is 3. The van der Waals surface area contributed by atoms with Crippen molar-refractivity contribution in [3.8, 4) is 5.69 Å². The Morgan fingerprint density at radius 2 is 1.74 bits per heavy atom. The number of hydrogen-bond acceptors (Lipinski definition) is 4. The number of benzene rings is 2. The summed E-state index contributed by atoms with van der Waals surface area (Å²) in [6, 6.07) is 14.2. The molecule has 0 bridgehead atoms. The Bertz CT molecular complexity index is 1310. The van der Waals surface area contributed by atoms with Gasteiger partial charge in [0.2, 0.25) is 0 Å². The molecule has 180 valence electrons. The number of nitrogens with zero attached hydrogens (tertiary/aromatic N) is 4. The van der Waals surface area contributed by atoms with Gasteiger partial charge in [-0.1, -0.05) is 30.0 Å². The number of hydrogen-bond donors (Lipinski definition) is 0. The van der Waals surface area contributed by atoms with Crippen LogP contribution in [0.4, 0.5) is 17.6 Å². The van der Waals surface area contributed by atoms with Crippen LogP contribution in [0.3, 0.4) is 0 Å². The van der Waals surface area contributed by atoms with Gasteiger partial charge < -0.3 is 4.90 Å². The van der Waals surface area contributed by atoms with Gasteiger partial charge in [0.1, 0.15) is 11.5 Å². The van der Waals surface area contributed by atoms with Crippen LogP contribution in [-0.2, 0) is 18.5 Å². The highest BCUT2D eigenvalue weighted by atomic mass is 32.2. The molecule has 0 N–H and O–H groups in total. The second-order valence-corrected chi connectivity index (χ2v) is 8.68. The summed E-state index contributed by atoms with van der Waals surface area (Å²) >= 11 is 1.18. The van der Waals surface area contributed by atoms with Gasteiger partial charge in [-0.05, 0) is 53.6 Å². The smallest absolute Gasteiger partial charge is 0.336 e. The van der Waals surface area contributed by atoms with Gasteiger partial charge in [0.05, 0.1) is 11.8 Å². The third-order valence-corrected chi connectivity index (χ3v) is 6.20. The molecule has 10 heteroatoms. The second-order valence-electron chi connectivity index (χ2n) is 7.74. The van der Waals surface area contributed by atoms with E-state index >= 15 is 0 Å². The lowest BCUT2D eigenvalue weighted by Gasteiger charge is -2.19. The molecule has 4 aromatic rings. The second kappa shape index (κ2) is 10.3. The number of carbonyl (C=O) groups is 1. The molecule has 0 atom stereocenters. The van der Waals surface area contributed by atoms with Gasteiger partial charge in [-0.15, -0.1) is 0 Å². The molecule has 0 fully saturated rings. The van der Waals surface area contributed by atoms with E-state index in [0.717, 1.165) is 17.7 Å². The highest BCUT2D eigenvalue weighted by Crippen LogP contribution is 2.32. The Labute approximate surface area is 203 Å². The zero-order chi connectivity index (χ0) is 25.0. The van der Waals surface area contributed by atoms with Crippen LogP contribution < -0.4 is 0 Å². The fourth-order valence-corrected chi connectivity index (χ4v) is 4.38. The maximum Gasteiger partial charge on any atom is 0.416 e. The van der Waals surface area contributed by atoms with E-state index in [1.54, 1.807) is 42.2 Å². The predicted molar refractivity (Wildman–Crippen MR) is 125 cm³/mol. The van der Waals surface area contributed by atoms with Gasteiger partial charge in [-0.25, -0.2) is 9.37 Å². The first-order valence-corrected chi connectivity index (χ1v) is 11.5. The van der Waals surface area contributed by atoms with Crippen LogP contribution in [0.2, 0.25) is 0 Å². The Balaban J connectivity index is 1.63. The quantitative estimate of drug-likeness (QED) is 0.231. The van der Waals surface area contributed by atoms with Gasteiger partial charge in [0, 0.05) is 37.4 Å². The first-order valence-electron chi connectivity index (χ1n) is 10.5. The Kier molecular flexibility index (Phi) is 7.20. The molecule has 0 saturated heterocycles. The first-order chi connectivity index (χ1) is 16.7. The van der Waals surface area contributed by atoms with Crippen LogP contribution in [0, 0.1) is 5.82 Å². The van der Waals surface area contributed by atoms with Crippen molar-refractivity contribution in [1.29, 1.82) is 0 Å². The minimum atomic E-state index is -4.44. The Morgan fingerprint density at radius 3 is 2.43 bits per heavy atom. The summed E-state index contributed by atoms with van der Waals surface area (Å²) in [6.07, 6.45) is 0.257. The lowest BCUT2D eigenvalue weighted by molar-refractivity contribution is -0.137. The van der Waals surface area contributed by atoms with Gasteiger partial charge in [0.15, 0.2) is 5.16 Å². The topological polar surface area (TPSA) is 51.0 Å². The monoisotopic (exact) mass is 500 g/mol. The molecule has 2 aromatic carbocycles. The normalized spacial score (nSPS) is 11.5. The van der Waals surface area contributed by atoms with E-state index in [-0.39, 0.29) is 17.4 Å². The van der Waals surface area contributed by atoms with Crippen LogP contribution in [0.15, 0.2) is 84.4 Å². The molecule has 0 unspecified atom stereocenters. The van der Waals surface area contributed by atoms with Crippen molar-refractivity contribution in [3.05, 3.63) is 107 Å². The zero-order valence-corrected chi connectivity index (χ0v) is 19.4. The minimum Gasteiger partial charge on any atom is -0.336 e. The Morgan fingerprint density at radius 1 is 1.03 bits per heavy atom. The van der Waals surface area contributed by atoms with E-state index in [4.69, 9.17) is 0 Å². The number of halogens is 4. The highest BCUT2D eigenvalue weighted by molar-refractivity contribution is 7.98. The van der Waals surface area contributed by atoms with Crippen molar-refractivity contribution >= 4 is 17.7 Å². The van der Waals surface area contributed by atoms with E-state index in [1.165, 1.54) is 53.2 Å². The van der Waals surface area contributed by atoms with E-state index in [0.29, 0.717) is 23.0 Å². The van der Waals surface area contributed by atoms with Crippen molar-refractivity contribution in [2.75, 3.05) is 7.05 Å². The van der Waals surface area contributed by atoms with Gasteiger partial charge in [0.25, 0.3) is 5.91 Å². The van der Waals surface area contributed by atoms with Crippen LogP contribution in [-0.4, -0.2) is 32.4 Å². The summed E-state index contributed by atoms with van der Waals surface area (Å²) in [5, 5.41) is 0.398. The molecule has 0 spiro atoms. The molecule has 0 aliphatic heterocycles. The summed E-state index contributed by atoms with van der Waals surface area (Å²) in [5.74, 6) is -0.554. The molecule has 4 rings (SSSR count). The number of imidazole rings is 1. The van der Waals surface area contributed by atoms with Crippen LogP contribution in [0.25, 0.3) is 5.69 Å². The maximum absolute atomic E-state index is 13.6. The largest absolute Gasteiger partial charge is 0.416 e. The molecular formula is C25H20F4N4OS. The molecule has 0 aliphatic carbocycles. The third-order valence-electron chi connectivity index (χ3n) is 5.17. The Hall–Kier alpha value is -3.66. The summed E-state index contributed by atoms with van der Waals surface area (Å²) in [6.45, 7) is 0.336. The minimum absolute atomic E-state index is 0.197. The molecule has 2 heterocycles. The van der Waals surface area contributed by atoms with Gasteiger partial charge in [-0.2, -0.15) is 13.2 Å². The fraction of sp³-hybridized carbons (Fsp3) is 0.160. The molecular weight excluding hydrogens is 480 g/mol. The van der Waals surface area contributed by atoms with Crippen LogP contribution in [0.1, 0.15) is 27.2 Å². The summed E-state index contributed by atoms with van der Waals surface area (Å²) in [7, 11) is 1.65. The number of rotatable bonds is 7. The van der Waals surface area contributed by atoms with E-state index < -0.39 is 17.6 Å². The number of thioether (sulfide) groups is 1. The summed E-state index contributed by atoms with van der Waals surface area (Å²) in [5.41, 5.74) is 1.38. The zero-order valence-electron chi connectivity index (χ0n) is 18.5. The number of amides is 1. The van der Waals surface area contributed by atoms with Gasteiger partial charge in [-0.3, -0.25) is 14.3 Å². The van der Waals surface area contributed by atoms with Crippen molar-refractivity contribution in [3.63, 3.8) is 0 Å². The number of carbonyl (C=O) groups excluding carboxylic acids is 1. The molecule has 2 aromatic heterocycles. The van der Waals surface area contributed by atoms with Crippen LogP contribution in [0.5, 0.6) is 0 Å². The van der Waals surface area contributed by atoms with E-state index in [2.05, 4.69) is 9.97 Å². The van der Waals surface area contributed by atoms with E-state index in [1.807, 2.05) is 0 Å². The van der Waals surface area contributed by atoms with Crippen molar-refractivity contribution in [2.24, 2.45) is 0 Å². The average Bonchev–Trinajstić information content (AvgIpc) is 3.27. The van der Waals surface area contributed by atoms with Crippen molar-refractivity contribution in [1.82, 2.24) is 19.4 Å². The molecule has 0 radical (unpaired) electrons. The predicted octanol–water partition coefficient (Wildman–Crippen LogP) is 5.99. The average molecular weight is 501 g/mol. The third kappa shape index (κ3) is 5.89. The lowest BCUT2D eigenvalue weighted by atomic mass is 10.1. The highest BCUT2D eigenvalue weighted by Gasteiger charge is 2.30. The van der Waals surface area contributed by atoms with Crippen LogP contribution >= 0.6 is 11.8 Å². The number of pyridine rings is 1. The molecule has 5 nitrogen and oxygen atoms in total. The van der Waals surface area contributed by atoms with Crippen molar-refractivity contribution < 1.29 is 22.4 Å². The van der Waals surface area contributed by atoms with Crippen molar-refractivity contribution in [2.45, 2.75) is 23.6 Å². The van der Waals surface area contributed by atoms with Gasteiger partial charge >= 0.3 is 6.18 Å². The molecule has 0 saturated carbocycles. The fourth-order valence-electron chi connectivity index (χ4n) is 3.44. The molecule has 35 heavy (non-hydrogen) atoms. The standard InChI is InChI=1S/C25H20F4N4OS/c1-32(15-17-9-11-30-12-10-17)23(34)22-14-31-24(33(22)21-7-5-20(26)6-8-21)35-16-18-3-2-4-19(13-18)25(27,28)29/h2-14H,15-16H2,1H3. The molecule has 1 amide bonds. The summed E-state index contributed by atoms with van der Waals surface area (Å²) < 4.78 is 54.4. The van der Waals surface area contributed by atoms with E-state index in [9.17, 15) is 22.4 Å². The lowest BCUT2D eigenvalue weighted by Crippen LogP contribution is -2.28. The number of alkyl halides is 3. The summed E-state index contributed by atoms with van der Waals surface area (Å²) in [4.78, 5) is 23.2. The molecule has 0 aliphatic rings. The first kappa shape index (κ1) is 24.5. The maximum atomic E-state index is 13.6. The SMILES string of the molecule is CN(Cc1ccncc1)C(=O)c1cnc(SCc2cccc(C(F)(F)F)c2)n1-c1ccc(F)cc1.